The van der Waals surface area contributed by atoms with Gasteiger partial charge < -0.3 is 10.6 Å². The van der Waals surface area contributed by atoms with E-state index in [1.807, 2.05) is 20.2 Å². The van der Waals surface area contributed by atoms with Crippen molar-refractivity contribution in [1.29, 1.82) is 0 Å². The van der Waals surface area contributed by atoms with Gasteiger partial charge in [-0.2, -0.15) is 5.10 Å². The predicted molar refractivity (Wildman–Crippen MR) is 66.9 cm³/mol. The van der Waals surface area contributed by atoms with Crippen LogP contribution in [-0.4, -0.2) is 28.3 Å². The summed E-state index contributed by atoms with van der Waals surface area (Å²) in [6, 6.07) is -0.0475. The Labute approximate surface area is 102 Å². The zero-order valence-electron chi connectivity index (χ0n) is 10.5. The van der Waals surface area contributed by atoms with Crippen LogP contribution in [0.2, 0.25) is 0 Å². The topological polar surface area (TPSA) is 59.0 Å². The normalized spacial score (nSPS) is 20.2. The number of rotatable bonds is 3. The van der Waals surface area contributed by atoms with Crippen LogP contribution in [0.4, 0.5) is 5.69 Å². The molecule has 0 aliphatic carbocycles. The largest absolute Gasteiger partial charge is 0.322 e. The molecule has 5 nitrogen and oxygen atoms in total. The Balaban J connectivity index is 2.01. The first-order valence-corrected chi connectivity index (χ1v) is 6.27. The van der Waals surface area contributed by atoms with Crippen molar-refractivity contribution in [2.24, 2.45) is 7.05 Å². The molecule has 1 aromatic rings. The van der Waals surface area contributed by atoms with E-state index in [0.29, 0.717) is 0 Å². The summed E-state index contributed by atoms with van der Waals surface area (Å²) in [5.74, 6) is 0.0624. The van der Waals surface area contributed by atoms with Crippen LogP contribution in [0.3, 0.4) is 0 Å². The molecule has 1 amide bonds. The highest BCUT2D eigenvalue weighted by molar-refractivity contribution is 5.95. The van der Waals surface area contributed by atoms with Crippen molar-refractivity contribution in [3.63, 3.8) is 0 Å². The lowest BCUT2D eigenvalue weighted by molar-refractivity contribution is -0.118. The molecule has 1 fully saturated rings. The van der Waals surface area contributed by atoms with Crippen LogP contribution in [0, 0.1) is 0 Å². The number of hydrogen-bond acceptors (Lipinski definition) is 3. The number of piperidine rings is 1. The third-order valence-corrected chi connectivity index (χ3v) is 3.12. The van der Waals surface area contributed by atoms with Gasteiger partial charge in [-0.05, 0) is 25.8 Å². The zero-order chi connectivity index (χ0) is 12.3. The Kier molecular flexibility index (Phi) is 3.78. The first-order valence-electron chi connectivity index (χ1n) is 6.27. The third kappa shape index (κ3) is 2.85. The molecule has 5 heteroatoms. The lowest BCUT2D eigenvalue weighted by Gasteiger charge is -2.22. The minimum absolute atomic E-state index is 0.0475. The maximum Gasteiger partial charge on any atom is 0.241 e. The summed E-state index contributed by atoms with van der Waals surface area (Å²) < 4.78 is 1.74. The van der Waals surface area contributed by atoms with Crippen LogP contribution in [0.5, 0.6) is 0 Å². The molecule has 0 spiro atoms. The average Bonchev–Trinajstić information content (AvgIpc) is 2.70. The van der Waals surface area contributed by atoms with E-state index in [1.54, 1.807) is 4.68 Å². The summed E-state index contributed by atoms with van der Waals surface area (Å²) in [7, 11) is 1.87. The van der Waals surface area contributed by atoms with E-state index in [9.17, 15) is 4.79 Å². The molecule has 0 radical (unpaired) electrons. The predicted octanol–water partition coefficient (Wildman–Crippen LogP) is 1.06. The third-order valence-electron chi connectivity index (χ3n) is 3.12. The molecule has 1 aliphatic rings. The highest BCUT2D eigenvalue weighted by Crippen LogP contribution is 2.15. The van der Waals surface area contributed by atoms with Crippen molar-refractivity contribution in [2.75, 3.05) is 11.9 Å². The maximum absolute atomic E-state index is 12.0. The number of nitrogens with one attached hydrogen (secondary N) is 2. The molecule has 0 unspecified atom stereocenters. The van der Waals surface area contributed by atoms with Gasteiger partial charge >= 0.3 is 0 Å². The van der Waals surface area contributed by atoms with Crippen LogP contribution >= 0.6 is 0 Å². The van der Waals surface area contributed by atoms with Gasteiger partial charge in [0.05, 0.1) is 17.4 Å². The molecular formula is C12H20N4O. The number of hydrogen-bond donors (Lipinski definition) is 2. The fourth-order valence-electron chi connectivity index (χ4n) is 2.20. The molecule has 2 rings (SSSR count). The quantitative estimate of drug-likeness (QED) is 0.825. The Morgan fingerprint density at radius 3 is 3.12 bits per heavy atom. The SMILES string of the molecule is CCc1nn(C)cc1NC(=O)[C@@H]1CCCCN1. The van der Waals surface area contributed by atoms with Gasteiger partial charge in [-0.3, -0.25) is 9.48 Å². The lowest BCUT2D eigenvalue weighted by atomic mass is 10.0. The standard InChI is InChI=1S/C12H20N4O/c1-3-9-11(8-16(2)15-9)14-12(17)10-6-4-5-7-13-10/h8,10,13H,3-7H2,1-2H3,(H,14,17)/t10-/m0/s1. The molecule has 0 bridgehead atoms. The van der Waals surface area contributed by atoms with Crippen molar-refractivity contribution < 1.29 is 4.79 Å². The Morgan fingerprint density at radius 2 is 2.47 bits per heavy atom. The van der Waals surface area contributed by atoms with E-state index < -0.39 is 0 Å². The number of amides is 1. The summed E-state index contributed by atoms with van der Waals surface area (Å²) in [5, 5.41) is 10.5. The molecule has 1 aliphatic heterocycles. The second-order valence-electron chi connectivity index (χ2n) is 4.51. The van der Waals surface area contributed by atoms with Crippen molar-refractivity contribution in [3.8, 4) is 0 Å². The summed E-state index contributed by atoms with van der Waals surface area (Å²) >= 11 is 0. The monoisotopic (exact) mass is 236 g/mol. The average molecular weight is 236 g/mol. The van der Waals surface area contributed by atoms with Crippen molar-refractivity contribution in [3.05, 3.63) is 11.9 Å². The van der Waals surface area contributed by atoms with Crippen LogP contribution in [0.25, 0.3) is 0 Å². The van der Waals surface area contributed by atoms with Gasteiger partial charge in [-0.1, -0.05) is 13.3 Å². The van der Waals surface area contributed by atoms with E-state index in [1.165, 1.54) is 0 Å². The van der Waals surface area contributed by atoms with E-state index in [4.69, 9.17) is 0 Å². The Bertz CT molecular complexity index is 393. The second-order valence-corrected chi connectivity index (χ2v) is 4.51. The van der Waals surface area contributed by atoms with Gasteiger partial charge in [0.25, 0.3) is 0 Å². The molecule has 17 heavy (non-hydrogen) atoms. The maximum atomic E-state index is 12.0. The Hall–Kier alpha value is -1.36. The highest BCUT2D eigenvalue weighted by atomic mass is 16.2. The zero-order valence-corrected chi connectivity index (χ0v) is 10.5. The molecule has 94 valence electrons. The number of nitrogens with zero attached hydrogens (tertiary/aromatic N) is 2. The van der Waals surface area contributed by atoms with E-state index >= 15 is 0 Å². The molecule has 0 saturated carbocycles. The van der Waals surface area contributed by atoms with Gasteiger partial charge in [-0.25, -0.2) is 0 Å². The first-order chi connectivity index (χ1) is 8.20. The first kappa shape index (κ1) is 12.1. The van der Waals surface area contributed by atoms with Gasteiger partial charge in [0.1, 0.15) is 0 Å². The molecule has 1 atom stereocenters. The molecular weight excluding hydrogens is 216 g/mol. The van der Waals surface area contributed by atoms with E-state index in [-0.39, 0.29) is 11.9 Å². The summed E-state index contributed by atoms with van der Waals surface area (Å²) in [6.07, 6.45) is 5.90. The smallest absolute Gasteiger partial charge is 0.241 e. The van der Waals surface area contributed by atoms with Gasteiger partial charge in [0.2, 0.25) is 5.91 Å². The van der Waals surface area contributed by atoms with Crippen LogP contribution in [-0.2, 0) is 18.3 Å². The fourth-order valence-corrected chi connectivity index (χ4v) is 2.20. The number of anilines is 1. The molecule has 2 heterocycles. The number of carbonyl (C=O) groups is 1. The summed E-state index contributed by atoms with van der Waals surface area (Å²) in [5.41, 5.74) is 1.78. The van der Waals surface area contributed by atoms with Gasteiger partial charge in [0.15, 0.2) is 0 Å². The van der Waals surface area contributed by atoms with Gasteiger partial charge in [0, 0.05) is 13.2 Å². The van der Waals surface area contributed by atoms with Crippen LogP contribution in [0.1, 0.15) is 31.9 Å². The van der Waals surface area contributed by atoms with Crippen LogP contribution in [0.15, 0.2) is 6.20 Å². The number of carbonyl (C=O) groups excluding carboxylic acids is 1. The van der Waals surface area contributed by atoms with Crippen molar-refractivity contribution in [2.45, 2.75) is 38.6 Å². The summed E-state index contributed by atoms with van der Waals surface area (Å²) in [6.45, 7) is 2.97. The fraction of sp³-hybridized carbons (Fsp3) is 0.667. The molecule has 0 aromatic carbocycles. The number of aromatic nitrogens is 2. The minimum Gasteiger partial charge on any atom is -0.322 e. The molecule has 1 aromatic heterocycles. The lowest BCUT2D eigenvalue weighted by Crippen LogP contribution is -2.43. The van der Waals surface area contributed by atoms with Crippen molar-refractivity contribution in [1.82, 2.24) is 15.1 Å². The number of aryl methyl sites for hydroxylation is 2. The Morgan fingerprint density at radius 1 is 1.65 bits per heavy atom. The molecule has 2 N–H and O–H groups in total. The van der Waals surface area contributed by atoms with Crippen molar-refractivity contribution >= 4 is 11.6 Å². The van der Waals surface area contributed by atoms with E-state index in [0.717, 1.165) is 43.6 Å². The highest BCUT2D eigenvalue weighted by Gasteiger charge is 2.21. The second kappa shape index (κ2) is 5.31. The molecule has 1 saturated heterocycles. The van der Waals surface area contributed by atoms with E-state index in [2.05, 4.69) is 15.7 Å². The summed E-state index contributed by atoms with van der Waals surface area (Å²) in [4.78, 5) is 12.0. The van der Waals surface area contributed by atoms with Crippen LogP contribution < -0.4 is 10.6 Å². The minimum atomic E-state index is -0.0475. The van der Waals surface area contributed by atoms with Gasteiger partial charge in [-0.15, -0.1) is 0 Å².